The van der Waals surface area contributed by atoms with Gasteiger partial charge < -0.3 is 20.5 Å². The molecule has 1 fully saturated rings. The highest BCUT2D eigenvalue weighted by atomic mass is 16.6. The third-order valence-corrected chi connectivity index (χ3v) is 4.05. The van der Waals surface area contributed by atoms with Gasteiger partial charge in [-0.3, -0.25) is 0 Å². The average Bonchev–Trinajstić information content (AvgIpc) is 2.42. The molecule has 1 saturated carbocycles. The molecule has 2 aliphatic rings. The van der Waals surface area contributed by atoms with Crippen molar-refractivity contribution in [2.45, 2.75) is 44.7 Å². The number of aryl methyl sites for hydroxylation is 1. The topological polar surface area (TPSA) is 56.5 Å². The number of benzene rings is 1. The zero-order valence-electron chi connectivity index (χ0n) is 11.4. The maximum absolute atomic E-state index is 6.20. The normalized spacial score (nSPS) is 26.0. The molecule has 1 aromatic rings. The number of nitrogens with one attached hydrogen (secondary N) is 1. The van der Waals surface area contributed by atoms with E-state index >= 15 is 0 Å². The minimum atomic E-state index is 0.251. The molecule has 0 saturated heterocycles. The Kier molecular flexibility index (Phi) is 3.51. The molecule has 0 spiro atoms. The number of fused-ring (bicyclic) bond motifs is 1. The number of ether oxygens (including phenoxy) is 2. The zero-order chi connectivity index (χ0) is 13.2. The molecule has 0 bridgehead atoms. The van der Waals surface area contributed by atoms with E-state index in [0.29, 0.717) is 19.3 Å². The van der Waals surface area contributed by atoms with Gasteiger partial charge >= 0.3 is 0 Å². The van der Waals surface area contributed by atoms with Crippen molar-refractivity contribution in [1.29, 1.82) is 0 Å². The van der Waals surface area contributed by atoms with Crippen molar-refractivity contribution in [1.82, 2.24) is 0 Å². The minimum Gasteiger partial charge on any atom is -0.486 e. The van der Waals surface area contributed by atoms with Gasteiger partial charge in [0.15, 0.2) is 11.5 Å². The van der Waals surface area contributed by atoms with Gasteiger partial charge in [0.1, 0.15) is 13.2 Å². The van der Waals surface area contributed by atoms with Gasteiger partial charge in [-0.05, 0) is 31.4 Å². The molecule has 1 aliphatic carbocycles. The quantitative estimate of drug-likeness (QED) is 0.859. The first-order chi connectivity index (χ1) is 9.24. The first kappa shape index (κ1) is 12.6. The smallest absolute Gasteiger partial charge is 0.163 e. The number of nitrogens with two attached hydrogens (primary N) is 1. The van der Waals surface area contributed by atoms with E-state index < -0.39 is 0 Å². The van der Waals surface area contributed by atoms with Crippen LogP contribution in [0.15, 0.2) is 12.1 Å². The van der Waals surface area contributed by atoms with Crippen LogP contribution >= 0.6 is 0 Å². The molecule has 1 aromatic carbocycles. The highest BCUT2D eigenvalue weighted by molar-refractivity contribution is 5.61. The molecule has 0 radical (unpaired) electrons. The number of hydrogen-bond donors (Lipinski definition) is 2. The summed E-state index contributed by atoms with van der Waals surface area (Å²) in [5.41, 5.74) is 8.50. The monoisotopic (exact) mass is 262 g/mol. The molecule has 104 valence electrons. The van der Waals surface area contributed by atoms with E-state index in [1.165, 1.54) is 18.4 Å². The van der Waals surface area contributed by atoms with Gasteiger partial charge in [-0.15, -0.1) is 0 Å². The van der Waals surface area contributed by atoms with Crippen molar-refractivity contribution >= 4 is 5.69 Å². The third-order valence-electron chi connectivity index (χ3n) is 4.05. The van der Waals surface area contributed by atoms with Crippen molar-refractivity contribution in [3.8, 4) is 11.5 Å². The molecule has 4 nitrogen and oxygen atoms in total. The molecular formula is C15H22N2O2. The molecule has 0 aromatic heterocycles. The lowest BCUT2D eigenvalue weighted by molar-refractivity contribution is 0.171. The largest absolute Gasteiger partial charge is 0.486 e. The fourth-order valence-corrected chi connectivity index (χ4v) is 2.88. The van der Waals surface area contributed by atoms with Gasteiger partial charge in [0.05, 0.1) is 0 Å². The van der Waals surface area contributed by atoms with Crippen LogP contribution in [0.1, 0.15) is 31.2 Å². The SMILES string of the molecule is Cc1cc2c(cc1NC1CCCCC1N)OCCO2. The fourth-order valence-electron chi connectivity index (χ4n) is 2.88. The van der Waals surface area contributed by atoms with E-state index in [1.54, 1.807) is 0 Å². The van der Waals surface area contributed by atoms with E-state index in [9.17, 15) is 0 Å². The molecule has 1 heterocycles. The lowest BCUT2D eigenvalue weighted by atomic mass is 9.90. The molecule has 19 heavy (non-hydrogen) atoms. The van der Waals surface area contributed by atoms with E-state index in [-0.39, 0.29) is 6.04 Å². The Morgan fingerprint density at radius 1 is 1.11 bits per heavy atom. The minimum absolute atomic E-state index is 0.251. The van der Waals surface area contributed by atoms with Crippen LogP contribution in [-0.4, -0.2) is 25.3 Å². The molecular weight excluding hydrogens is 240 g/mol. The second kappa shape index (κ2) is 5.29. The Bertz CT molecular complexity index is 462. The van der Waals surface area contributed by atoms with Crippen LogP contribution in [-0.2, 0) is 0 Å². The summed E-state index contributed by atoms with van der Waals surface area (Å²) in [5, 5.41) is 3.59. The maximum atomic E-state index is 6.20. The van der Waals surface area contributed by atoms with E-state index in [1.807, 2.05) is 12.1 Å². The Labute approximate surface area is 114 Å². The van der Waals surface area contributed by atoms with Gasteiger partial charge in [0, 0.05) is 23.8 Å². The van der Waals surface area contributed by atoms with Crippen molar-refractivity contribution in [3.63, 3.8) is 0 Å². The van der Waals surface area contributed by atoms with Crippen molar-refractivity contribution in [2.75, 3.05) is 18.5 Å². The fraction of sp³-hybridized carbons (Fsp3) is 0.600. The molecule has 2 atom stereocenters. The second-order valence-corrected chi connectivity index (χ2v) is 5.51. The van der Waals surface area contributed by atoms with Gasteiger partial charge in [-0.2, -0.15) is 0 Å². The number of rotatable bonds is 2. The van der Waals surface area contributed by atoms with E-state index in [2.05, 4.69) is 12.2 Å². The molecule has 3 rings (SSSR count). The summed E-state index contributed by atoms with van der Waals surface area (Å²) in [5.74, 6) is 1.69. The Hall–Kier alpha value is -1.42. The van der Waals surface area contributed by atoms with Gasteiger partial charge in [0.25, 0.3) is 0 Å². The summed E-state index contributed by atoms with van der Waals surface area (Å²) in [4.78, 5) is 0. The summed E-state index contributed by atoms with van der Waals surface area (Å²) in [7, 11) is 0. The van der Waals surface area contributed by atoms with Crippen molar-refractivity contribution in [2.24, 2.45) is 5.73 Å². The van der Waals surface area contributed by atoms with Crippen LogP contribution in [0, 0.1) is 6.92 Å². The molecule has 0 amide bonds. The van der Waals surface area contributed by atoms with Gasteiger partial charge in [0.2, 0.25) is 0 Å². The predicted octanol–water partition coefficient (Wildman–Crippen LogP) is 2.45. The van der Waals surface area contributed by atoms with Gasteiger partial charge in [-0.1, -0.05) is 12.8 Å². The summed E-state index contributed by atoms with van der Waals surface area (Å²) in [6, 6.07) is 4.72. The average molecular weight is 262 g/mol. The van der Waals surface area contributed by atoms with Gasteiger partial charge in [-0.25, -0.2) is 0 Å². The molecule has 1 aliphatic heterocycles. The Morgan fingerprint density at radius 2 is 1.79 bits per heavy atom. The highest BCUT2D eigenvalue weighted by Gasteiger charge is 2.23. The summed E-state index contributed by atoms with van der Waals surface area (Å²) < 4.78 is 11.2. The van der Waals surface area contributed by atoms with Crippen LogP contribution in [0.2, 0.25) is 0 Å². The summed E-state index contributed by atoms with van der Waals surface area (Å²) >= 11 is 0. The molecule has 3 N–H and O–H groups in total. The van der Waals surface area contributed by atoms with Crippen LogP contribution in [0.4, 0.5) is 5.69 Å². The second-order valence-electron chi connectivity index (χ2n) is 5.51. The van der Waals surface area contributed by atoms with Crippen LogP contribution in [0.25, 0.3) is 0 Å². The van der Waals surface area contributed by atoms with Crippen molar-refractivity contribution in [3.05, 3.63) is 17.7 Å². The summed E-state index contributed by atoms with van der Waals surface area (Å²) in [6.45, 7) is 3.35. The third kappa shape index (κ3) is 2.63. The number of hydrogen-bond acceptors (Lipinski definition) is 4. The zero-order valence-corrected chi connectivity index (χ0v) is 11.4. The van der Waals surface area contributed by atoms with Crippen LogP contribution in [0.3, 0.4) is 0 Å². The standard InChI is InChI=1S/C15H22N2O2/c1-10-8-14-15(19-7-6-18-14)9-13(10)17-12-5-3-2-4-11(12)16/h8-9,11-12,17H,2-7,16H2,1H3. The lowest BCUT2D eigenvalue weighted by Crippen LogP contribution is -2.42. The highest BCUT2D eigenvalue weighted by Crippen LogP contribution is 2.36. The maximum Gasteiger partial charge on any atom is 0.163 e. The van der Waals surface area contributed by atoms with Crippen LogP contribution in [0.5, 0.6) is 11.5 Å². The Morgan fingerprint density at radius 3 is 2.53 bits per heavy atom. The predicted molar refractivity (Wildman–Crippen MR) is 76.0 cm³/mol. The molecule has 4 heteroatoms. The van der Waals surface area contributed by atoms with E-state index in [4.69, 9.17) is 15.2 Å². The first-order valence-corrected chi connectivity index (χ1v) is 7.16. The van der Waals surface area contributed by atoms with Crippen LogP contribution < -0.4 is 20.5 Å². The first-order valence-electron chi connectivity index (χ1n) is 7.16. The number of anilines is 1. The lowest BCUT2D eigenvalue weighted by Gasteiger charge is -2.31. The molecule has 2 unspecified atom stereocenters. The summed E-state index contributed by atoms with van der Waals surface area (Å²) in [6.07, 6.45) is 4.77. The Balaban J connectivity index is 1.80. The van der Waals surface area contributed by atoms with Crippen molar-refractivity contribution < 1.29 is 9.47 Å². The van der Waals surface area contributed by atoms with E-state index in [0.717, 1.165) is 30.0 Å².